The van der Waals surface area contributed by atoms with Crippen LogP contribution in [-0.4, -0.2) is 120 Å². The third-order valence-corrected chi connectivity index (χ3v) is 6.95. The van der Waals surface area contributed by atoms with Gasteiger partial charge in [-0.25, -0.2) is 0 Å². The summed E-state index contributed by atoms with van der Waals surface area (Å²) in [6, 6.07) is 0. The van der Waals surface area contributed by atoms with E-state index in [1.165, 1.54) is 17.6 Å². The maximum atomic E-state index is 5.20. The van der Waals surface area contributed by atoms with E-state index in [2.05, 4.69) is 50.4 Å². The summed E-state index contributed by atoms with van der Waals surface area (Å²) in [5.74, 6) is 5.44. The van der Waals surface area contributed by atoms with Crippen LogP contribution in [-0.2, 0) is 0 Å². The predicted octanol–water partition coefficient (Wildman–Crippen LogP) is 0.431. The first-order valence-corrected chi connectivity index (χ1v) is 11.3. The summed E-state index contributed by atoms with van der Waals surface area (Å²) in [6.45, 7) is 11.0. The Morgan fingerprint density at radius 3 is 2.20 bits per heavy atom. The molecule has 0 radical (unpaired) electrons. The Balaban J connectivity index is 1.38. The molecule has 0 aromatic heterocycles. The summed E-state index contributed by atoms with van der Waals surface area (Å²) < 4.78 is 0. The highest BCUT2D eigenvalue weighted by molar-refractivity contribution is 5.91. The average Bonchev–Trinajstić information content (AvgIpc) is 2.76. The van der Waals surface area contributed by atoms with Crippen LogP contribution in [0.5, 0.6) is 0 Å². The maximum Gasteiger partial charge on any atom is 0.209 e. The molecule has 9 nitrogen and oxygen atoms in total. The molecule has 160 valence electrons. The fraction of sp³-hybridized carbons (Fsp3) is 0.667. The van der Waals surface area contributed by atoms with Crippen LogP contribution in [0.2, 0.25) is 0 Å². The lowest BCUT2D eigenvalue weighted by molar-refractivity contribution is 0.257. The van der Waals surface area contributed by atoms with Crippen LogP contribution in [0.4, 0.5) is 0 Å². The van der Waals surface area contributed by atoms with Crippen molar-refractivity contribution in [2.75, 3.05) is 73.0 Å². The fourth-order valence-corrected chi connectivity index (χ4v) is 5.55. The molecule has 6 aliphatic heterocycles. The summed E-state index contributed by atoms with van der Waals surface area (Å²) in [5, 5.41) is 0. The molecule has 0 unspecified atom stereocenters. The van der Waals surface area contributed by atoms with Crippen molar-refractivity contribution in [2.45, 2.75) is 19.8 Å². The van der Waals surface area contributed by atoms with E-state index >= 15 is 0 Å². The van der Waals surface area contributed by atoms with Crippen LogP contribution >= 0.6 is 0 Å². The zero-order valence-corrected chi connectivity index (χ0v) is 18.3. The van der Waals surface area contributed by atoms with Crippen molar-refractivity contribution in [2.24, 2.45) is 15.0 Å². The molecule has 6 heterocycles. The van der Waals surface area contributed by atoms with E-state index in [1.807, 2.05) is 0 Å². The van der Waals surface area contributed by atoms with E-state index in [1.54, 1.807) is 0 Å². The minimum absolute atomic E-state index is 0.869. The second-order valence-corrected chi connectivity index (χ2v) is 8.99. The normalized spacial score (nSPS) is 25.9. The van der Waals surface area contributed by atoms with E-state index < -0.39 is 0 Å². The van der Waals surface area contributed by atoms with Gasteiger partial charge in [-0.1, -0.05) is 0 Å². The Kier molecular flexibility index (Phi) is 4.01. The van der Waals surface area contributed by atoms with Crippen molar-refractivity contribution in [3.8, 4) is 0 Å². The predicted molar refractivity (Wildman–Crippen MR) is 118 cm³/mol. The van der Waals surface area contributed by atoms with Crippen LogP contribution in [0.15, 0.2) is 37.8 Å². The number of fused-ring (bicyclic) bond motifs is 3. The Bertz CT molecular complexity index is 927. The van der Waals surface area contributed by atoms with Gasteiger partial charge in [-0.05, 0) is 19.8 Å². The molecule has 1 saturated heterocycles. The number of hydrogen-bond donors (Lipinski definition) is 0. The first kappa shape index (κ1) is 18.1. The molecule has 0 aromatic rings. The molecule has 30 heavy (non-hydrogen) atoms. The van der Waals surface area contributed by atoms with Crippen molar-refractivity contribution < 1.29 is 0 Å². The van der Waals surface area contributed by atoms with Gasteiger partial charge >= 0.3 is 0 Å². The van der Waals surface area contributed by atoms with Crippen molar-refractivity contribution in [1.82, 2.24) is 29.4 Å². The molecule has 0 atom stereocenters. The first-order valence-electron chi connectivity index (χ1n) is 11.3. The topological polar surface area (TPSA) is 56.5 Å². The van der Waals surface area contributed by atoms with Gasteiger partial charge in [0.05, 0.1) is 0 Å². The number of rotatable bonds is 1. The monoisotopic (exact) mass is 409 g/mol. The van der Waals surface area contributed by atoms with Crippen molar-refractivity contribution >= 4 is 17.9 Å². The van der Waals surface area contributed by atoms with E-state index in [0.717, 1.165) is 94.8 Å². The zero-order chi connectivity index (χ0) is 20.4. The summed E-state index contributed by atoms with van der Waals surface area (Å²) >= 11 is 0. The Morgan fingerprint density at radius 1 is 0.733 bits per heavy atom. The third kappa shape index (κ3) is 2.56. The second kappa shape index (κ2) is 6.65. The highest BCUT2D eigenvalue weighted by atomic mass is 15.5. The molecule has 9 heteroatoms. The van der Waals surface area contributed by atoms with Gasteiger partial charge in [-0.15, -0.1) is 0 Å². The third-order valence-electron chi connectivity index (χ3n) is 6.95. The standard InChI is InChI=1S/C21H31N9/c1-4-30-18-16(12-28-10-6-8-25(2)20(28)24-18)14-29-13-15-11-27-9-5-7-22-19(27)26(3)17(15)23-21(29)30/h4-14H2,1-3H3. The molecular weight excluding hydrogens is 378 g/mol. The molecule has 6 aliphatic rings. The highest BCUT2D eigenvalue weighted by Gasteiger charge is 2.40. The molecule has 0 aliphatic carbocycles. The van der Waals surface area contributed by atoms with Crippen LogP contribution in [0, 0.1) is 0 Å². The number of nitrogens with zero attached hydrogens (tertiary/aromatic N) is 9. The fourth-order valence-electron chi connectivity index (χ4n) is 5.55. The minimum Gasteiger partial charge on any atom is -0.345 e. The van der Waals surface area contributed by atoms with Gasteiger partial charge in [0.1, 0.15) is 11.6 Å². The van der Waals surface area contributed by atoms with Crippen molar-refractivity contribution in [3.63, 3.8) is 0 Å². The van der Waals surface area contributed by atoms with Gasteiger partial charge in [0.15, 0.2) is 0 Å². The Labute approximate surface area is 178 Å². The Hall–Kier alpha value is -2.71. The minimum atomic E-state index is 0.869. The summed E-state index contributed by atoms with van der Waals surface area (Å²) in [4.78, 5) is 29.2. The van der Waals surface area contributed by atoms with Gasteiger partial charge in [0, 0.05) is 84.1 Å². The maximum absolute atomic E-state index is 5.20. The number of hydrogen-bond acceptors (Lipinski definition) is 9. The van der Waals surface area contributed by atoms with Gasteiger partial charge in [0.2, 0.25) is 17.9 Å². The lowest BCUT2D eigenvalue weighted by Gasteiger charge is -2.49. The zero-order valence-electron chi connectivity index (χ0n) is 18.3. The molecule has 0 bridgehead atoms. The van der Waals surface area contributed by atoms with E-state index in [9.17, 15) is 0 Å². The van der Waals surface area contributed by atoms with Gasteiger partial charge in [-0.2, -0.15) is 9.98 Å². The molecule has 6 rings (SSSR count). The Morgan fingerprint density at radius 2 is 1.40 bits per heavy atom. The quantitative estimate of drug-likeness (QED) is 0.626. The SMILES string of the molecule is CCN1C2=NC3=C(CN4CCCN=C4N3C)CN2CC2=C1N=C1N(C)CCCN1C2. The summed E-state index contributed by atoms with van der Waals surface area (Å²) in [5.41, 5.74) is 2.82. The van der Waals surface area contributed by atoms with Gasteiger partial charge < -0.3 is 19.6 Å². The molecule has 0 spiro atoms. The molecule has 0 amide bonds. The average molecular weight is 410 g/mol. The molecular formula is C21H31N9. The van der Waals surface area contributed by atoms with E-state index in [4.69, 9.17) is 15.0 Å². The first-order chi connectivity index (χ1) is 14.6. The summed E-state index contributed by atoms with van der Waals surface area (Å²) in [7, 11) is 4.27. The molecule has 0 saturated carbocycles. The van der Waals surface area contributed by atoms with Crippen molar-refractivity contribution in [3.05, 3.63) is 22.8 Å². The van der Waals surface area contributed by atoms with Crippen molar-refractivity contribution in [1.29, 1.82) is 0 Å². The second-order valence-electron chi connectivity index (χ2n) is 8.99. The number of aliphatic imine (C=N–C) groups is 3. The smallest absolute Gasteiger partial charge is 0.209 e. The molecule has 0 N–H and O–H groups in total. The molecule has 1 fully saturated rings. The lowest BCUT2D eigenvalue weighted by atomic mass is 10.1. The van der Waals surface area contributed by atoms with Gasteiger partial charge in [0.25, 0.3) is 0 Å². The highest BCUT2D eigenvalue weighted by Crippen LogP contribution is 2.33. The van der Waals surface area contributed by atoms with Crippen LogP contribution in [0.3, 0.4) is 0 Å². The lowest BCUT2D eigenvalue weighted by Crippen LogP contribution is -2.59. The van der Waals surface area contributed by atoms with E-state index in [-0.39, 0.29) is 0 Å². The van der Waals surface area contributed by atoms with Gasteiger partial charge in [-0.3, -0.25) is 14.8 Å². The van der Waals surface area contributed by atoms with Crippen LogP contribution in [0.1, 0.15) is 19.8 Å². The van der Waals surface area contributed by atoms with E-state index in [0.29, 0.717) is 0 Å². The van der Waals surface area contributed by atoms with Crippen LogP contribution in [0.25, 0.3) is 0 Å². The number of guanidine groups is 3. The van der Waals surface area contributed by atoms with Crippen LogP contribution < -0.4 is 0 Å². The molecule has 0 aromatic carbocycles. The largest absolute Gasteiger partial charge is 0.345 e. The summed E-state index contributed by atoms with van der Waals surface area (Å²) in [6.07, 6.45) is 2.34.